The Morgan fingerprint density at radius 3 is 2.33 bits per heavy atom. The largest absolute Gasteiger partial charge is 0.366 e. The SMILES string of the molecule is CC1(C)CN(C(=O)[C@@H]2CCCNC2)CC(C)(C)O1. The standard InChI is InChI=1S/C14H26N2O2/c1-13(2)9-16(10-14(3,4)18-13)12(17)11-6-5-7-15-8-11/h11,15H,5-10H2,1-4H3/t11-/m1/s1. The molecule has 2 saturated heterocycles. The second-order valence-electron chi connectivity index (χ2n) is 6.86. The Kier molecular flexibility index (Phi) is 3.70. The Balaban J connectivity index is 2.05. The number of ether oxygens (including phenoxy) is 1. The molecular weight excluding hydrogens is 228 g/mol. The van der Waals surface area contributed by atoms with Crippen molar-refractivity contribution in [3.05, 3.63) is 0 Å². The minimum Gasteiger partial charge on any atom is -0.366 e. The van der Waals surface area contributed by atoms with Crippen molar-refractivity contribution >= 4 is 5.91 Å². The van der Waals surface area contributed by atoms with Gasteiger partial charge >= 0.3 is 0 Å². The molecule has 2 fully saturated rings. The van der Waals surface area contributed by atoms with Gasteiger partial charge in [0.05, 0.1) is 17.1 Å². The monoisotopic (exact) mass is 254 g/mol. The molecule has 0 spiro atoms. The Labute approximate surface area is 110 Å². The molecule has 0 radical (unpaired) electrons. The van der Waals surface area contributed by atoms with Crippen LogP contribution in [0.1, 0.15) is 40.5 Å². The predicted molar refractivity (Wildman–Crippen MR) is 71.4 cm³/mol. The van der Waals surface area contributed by atoms with E-state index in [2.05, 4.69) is 33.0 Å². The van der Waals surface area contributed by atoms with Gasteiger partial charge in [-0.2, -0.15) is 0 Å². The lowest BCUT2D eigenvalue weighted by molar-refractivity contribution is -0.190. The smallest absolute Gasteiger partial charge is 0.227 e. The van der Waals surface area contributed by atoms with Gasteiger partial charge in [-0.25, -0.2) is 0 Å². The van der Waals surface area contributed by atoms with E-state index < -0.39 is 0 Å². The summed E-state index contributed by atoms with van der Waals surface area (Å²) in [5.41, 5.74) is -0.501. The molecule has 104 valence electrons. The first-order chi connectivity index (χ1) is 8.29. The molecule has 1 atom stereocenters. The van der Waals surface area contributed by atoms with Gasteiger partial charge in [-0.15, -0.1) is 0 Å². The number of amides is 1. The topological polar surface area (TPSA) is 41.6 Å². The van der Waals surface area contributed by atoms with Crippen molar-refractivity contribution in [3.8, 4) is 0 Å². The fourth-order valence-corrected chi connectivity index (χ4v) is 3.26. The number of morpholine rings is 1. The van der Waals surface area contributed by atoms with Crippen molar-refractivity contribution in [2.75, 3.05) is 26.2 Å². The molecule has 0 aromatic carbocycles. The maximum absolute atomic E-state index is 12.6. The van der Waals surface area contributed by atoms with Gasteiger partial charge in [-0.1, -0.05) is 0 Å². The Morgan fingerprint density at radius 2 is 1.83 bits per heavy atom. The zero-order valence-electron chi connectivity index (χ0n) is 12.1. The van der Waals surface area contributed by atoms with Crippen LogP contribution < -0.4 is 5.32 Å². The number of hydrogen-bond donors (Lipinski definition) is 1. The fraction of sp³-hybridized carbons (Fsp3) is 0.929. The number of rotatable bonds is 1. The van der Waals surface area contributed by atoms with Crippen molar-refractivity contribution in [2.45, 2.75) is 51.7 Å². The van der Waals surface area contributed by atoms with Gasteiger partial charge in [0.25, 0.3) is 0 Å². The molecule has 0 aromatic rings. The van der Waals surface area contributed by atoms with Crippen LogP contribution in [-0.2, 0) is 9.53 Å². The molecule has 0 aromatic heterocycles. The number of nitrogens with one attached hydrogen (secondary N) is 1. The van der Waals surface area contributed by atoms with Crippen LogP contribution in [0.15, 0.2) is 0 Å². The van der Waals surface area contributed by atoms with Crippen LogP contribution in [0, 0.1) is 5.92 Å². The molecular formula is C14H26N2O2. The van der Waals surface area contributed by atoms with E-state index in [-0.39, 0.29) is 17.1 Å². The molecule has 0 saturated carbocycles. The third-order valence-electron chi connectivity index (χ3n) is 3.65. The molecule has 4 heteroatoms. The van der Waals surface area contributed by atoms with Crippen molar-refractivity contribution in [3.63, 3.8) is 0 Å². The maximum Gasteiger partial charge on any atom is 0.227 e. The van der Waals surface area contributed by atoms with Crippen molar-refractivity contribution in [1.82, 2.24) is 10.2 Å². The number of hydrogen-bond acceptors (Lipinski definition) is 3. The summed E-state index contributed by atoms with van der Waals surface area (Å²) in [6.07, 6.45) is 2.12. The molecule has 2 aliphatic heterocycles. The molecule has 2 rings (SSSR count). The number of carbonyl (C=O) groups is 1. The molecule has 2 heterocycles. The highest BCUT2D eigenvalue weighted by molar-refractivity contribution is 5.79. The van der Waals surface area contributed by atoms with Crippen LogP contribution in [0.4, 0.5) is 0 Å². The summed E-state index contributed by atoms with van der Waals surface area (Å²) in [5, 5.41) is 3.32. The summed E-state index contributed by atoms with van der Waals surface area (Å²) < 4.78 is 6.02. The first kappa shape index (κ1) is 13.8. The zero-order valence-corrected chi connectivity index (χ0v) is 12.1. The van der Waals surface area contributed by atoms with E-state index in [1.807, 2.05) is 4.90 Å². The van der Waals surface area contributed by atoms with E-state index in [4.69, 9.17) is 4.74 Å². The van der Waals surface area contributed by atoms with E-state index in [9.17, 15) is 4.79 Å². The minimum absolute atomic E-state index is 0.156. The Morgan fingerprint density at radius 1 is 1.22 bits per heavy atom. The number of piperidine rings is 1. The number of carbonyl (C=O) groups excluding carboxylic acids is 1. The average Bonchev–Trinajstić information content (AvgIpc) is 2.25. The second kappa shape index (κ2) is 4.82. The quantitative estimate of drug-likeness (QED) is 0.769. The minimum atomic E-state index is -0.250. The third-order valence-corrected chi connectivity index (χ3v) is 3.65. The molecule has 0 aliphatic carbocycles. The highest BCUT2D eigenvalue weighted by atomic mass is 16.5. The van der Waals surface area contributed by atoms with Crippen molar-refractivity contribution < 1.29 is 9.53 Å². The first-order valence-electron chi connectivity index (χ1n) is 6.99. The van der Waals surface area contributed by atoms with Crippen LogP contribution in [0.3, 0.4) is 0 Å². The van der Waals surface area contributed by atoms with E-state index in [0.717, 1.165) is 25.9 Å². The summed E-state index contributed by atoms with van der Waals surface area (Å²) in [6.45, 7) is 11.5. The highest BCUT2D eigenvalue weighted by Gasteiger charge is 2.41. The van der Waals surface area contributed by atoms with Gasteiger partial charge in [-0.05, 0) is 47.1 Å². The number of nitrogens with zero attached hydrogens (tertiary/aromatic N) is 1. The molecule has 18 heavy (non-hydrogen) atoms. The van der Waals surface area contributed by atoms with Crippen LogP contribution >= 0.6 is 0 Å². The van der Waals surface area contributed by atoms with Gasteiger partial charge in [0.2, 0.25) is 5.91 Å². The van der Waals surface area contributed by atoms with Crippen molar-refractivity contribution in [1.29, 1.82) is 0 Å². The summed E-state index contributed by atoms with van der Waals surface area (Å²) in [6, 6.07) is 0. The van der Waals surface area contributed by atoms with E-state index in [0.29, 0.717) is 19.0 Å². The Bertz CT molecular complexity index is 304. The molecule has 2 aliphatic rings. The summed E-state index contributed by atoms with van der Waals surface area (Å²) >= 11 is 0. The first-order valence-corrected chi connectivity index (χ1v) is 6.99. The van der Waals surface area contributed by atoms with Gasteiger partial charge in [0.15, 0.2) is 0 Å². The third kappa shape index (κ3) is 3.23. The van der Waals surface area contributed by atoms with Gasteiger partial charge in [0.1, 0.15) is 0 Å². The summed E-state index contributed by atoms with van der Waals surface area (Å²) in [5.74, 6) is 0.454. The lowest BCUT2D eigenvalue weighted by Gasteiger charge is -2.48. The van der Waals surface area contributed by atoms with Crippen LogP contribution in [0.2, 0.25) is 0 Å². The van der Waals surface area contributed by atoms with Gasteiger partial charge < -0.3 is 15.0 Å². The van der Waals surface area contributed by atoms with E-state index in [1.165, 1.54) is 0 Å². The predicted octanol–water partition coefficient (Wildman–Crippen LogP) is 1.40. The molecule has 0 bridgehead atoms. The molecule has 0 unspecified atom stereocenters. The van der Waals surface area contributed by atoms with Crippen LogP contribution in [0.5, 0.6) is 0 Å². The van der Waals surface area contributed by atoms with Crippen LogP contribution in [0.25, 0.3) is 0 Å². The lowest BCUT2D eigenvalue weighted by atomic mass is 9.94. The molecule has 1 amide bonds. The average molecular weight is 254 g/mol. The summed E-state index contributed by atoms with van der Waals surface area (Å²) in [7, 11) is 0. The van der Waals surface area contributed by atoms with E-state index in [1.54, 1.807) is 0 Å². The maximum atomic E-state index is 12.6. The van der Waals surface area contributed by atoms with Crippen LogP contribution in [-0.4, -0.2) is 48.2 Å². The summed E-state index contributed by atoms with van der Waals surface area (Å²) in [4.78, 5) is 14.6. The Hall–Kier alpha value is -0.610. The lowest BCUT2D eigenvalue weighted by Crippen LogP contribution is -2.60. The van der Waals surface area contributed by atoms with E-state index >= 15 is 0 Å². The zero-order chi connectivity index (χ0) is 13.4. The molecule has 1 N–H and O–H groups in total. The van der Waals surface area contributed by atoms with Crippen molar-refractivity contribution in [2.24, 2.45) is 5.92 Å². The normalized spacial score (nSPS) is 31.1. The van der Waals surface area contributed by atoms with Gasteiger partial charge in [0, 0.05) is 19.6 Å². The second-order valence-corrected chi connectivity index (χ2v) is 6.86. The van der Waals surface area contributed by atoms with Gasteiger partial charge in [-0.3, -0.25) is 4.79 Å². The molecule has 4 nitrogen and oxygen atoms in total. The highest BCUT2D eigenvalue weighted by Crippen LogP contribution is 2.29. The fourth-order valence-electron chi connectivity index (χ4n) is 3.26.